The Hall–Kier alpha value is -3.18. The molecule has 1 amide bonds. The van der Waals surface area contributed by atoms with Crippen LogP contribution in [0.25, 0.3) is 11.3 Å². The average molecular weight is 428 g/mol. The first-order valence-electron chi connectivity index (χ1n) is 10.6. The van der Waals surface area contributed by atoms with Crippen LogP contribution in [0.4, 0.5) is 0 Å². The molecule has 2 aromatic carbocycles. The Balaban J connectivity index is 1.47. The van der Waals surface area contributed by atoms with Crippen LogP contribution in [0.3, 0.4) is 0 Å². The Labute approximate surface area is 186 Å². The summed E-state index contributed by atoms with van der Waals surface area (Å²) in [5.74, 6) is 0.151. The normalized spacial score (nSPS) is 15.7. The van der Waals surface area contributed by atoms with Crippen molar-refractivity contribution in [2.45, 2.75) is 32.9 Å². The summed E-state index contributed by atoms with van der Waals surface area (Å²) in [7, 11) is 0. The van der Waals surface area contributed by atoms with E-state index in [1.807, 2.05) is 30.0 Å². The summed E-state index contributed by atoms with van der Waals surface area (Å²) < 4.78 is 2.26. The number of nitrogens with zero attached hydrogens (tertiary/aromatic N) is 3. The van der Waals surface area contributed by atoms with Gasteiger partial charge in [-0.3, -0.25) is 4.79 Å². The minimum atomic E-state index is -0.0608. The van der Waals surface area contributed by atoms with E-state index in [0.29, 0.717) is 13.0 Å². The summed E-state index contributed by atoms with van der Waals surface area (Å²) in [6.07, 6.45) is 2.48. The molecule has 31 heavy (non-hydrogen) atoms. The second kappa shape index (κ2) is 8.16. The first-order valence-corrected chi connectivity index (χ1v) is 11.4. The molecular formula is C26H25N3OS. The zero-order chi connectivity index (χ0) is 21.4. The third kappa shape index (κ3) is 3.81. The van der Waals surface area contributed by atoms with Crippen molar-refractivity contribution >= 4 is 17.2 Å². The van der Waals surface area contributed by atoms with Gasteiger partial charge < -0.3 is 9.47 Å². The fraction of sp³-hybridized carbons (Fsp3) is 0.231. The highest BCUT2D eigenvalue weighted by atomic mass is 32.1. The lowest BCUT2D eigenvalue weighted by Gasteiger charge is -2.37. The number of rotatable bonds is 4. The lowest BCUT2D eigenvalue weighted by atomic mass is 9.99. The van der Waals surface area contributed by atoms with Gasteiger partial charge in [-0.15, -0.1) is 11.3 Å². The summed E-state index contributed by atoms with van der Waals surface area (Å²) >= 11 is 1.63. The Morgan fingerprint density at radius 2 is 1.77 bits per heavy atom. The number of thiazole rings is 1. The average Bonchev–Trinajstić information content (AvgIpc) is 3.40. The van der Waals surface area contributed by atoms with Crippen molar-refractivity contribution in [3.8, 4) is 11.3 Å². The molecular weight excluding hydrogens is 402 g/mol. The summed E-state index contributed by atoms with van der Waals surface area (Å²) in [5.41, 5.74) is 5.55. The first kappa shape index (κ1) is 19.8. The standard InChI is InChI=1S/C26H25N3OS/c1-18-10-12-20(13-11-18)25-23(31-19(2)27-25)17-24(30)29-16-15-28-14-6-9-22(28)26(29)21-7-4-3-5-8-21/h3-14,26H,15-17H2,1-2H3. The summed E-state index contributed by atoms with van der Waals surface area (Å²) in [6.45, 7) is 5.62. The third-order valence-electron chi connectivity index (χ3n) is 5.91. The van der Waals surface area contributed by atoms with E-state index < -0.39 is 0 Å². The zero-order valence-corrected chi connectivity index (χ0v) is 18.6. The number of fused-ring (bicyclic) bond motifs is 1. The molecule has 0 saturated heterocycles. The van der Waals surface area contributed by atoms with Crippen LogP contribution >= 0.6 is 11.3 Å². The third-order valence-corrected chi connectivity index (χ3v) is 6.89. The van der Waals surface area contributed by atoms with Crippen molar-refractivity contribution in [2.24, 2.45) is 0 Å². The minimum absolute atomic E-state index is 0.0608. The van der Waals surface area contributed by atoms with Crippen molar-refractivity contribution in [2.75, 3.05) is 6.54 Å². The fourth-order valence-electron chi connectivity index (χ4n) is 4.40. The van der Waals surface area contributed by atoms with Gasteiger partial charge in [0.15, 0.2) is 0 Å². The number of hydrogen-bond acceptors (Lipinski definition) is 3. The van der Waals surface area contributed by atoms with Gasteiger partial charge in [-0.2, -0.15) is 0 Å². The maximum absolute atomic E-state index is 13.6. The molecule has 1 atom stereocenters. The minimum Gasteiger partial charge on any atom is -0.348 e. The van der Waals surface area contributed by atoms with Gasteiger partial charge in [0, 0.05) is 35.4 Å². The van der Waals surface area contributed by atoms with E-state index in [1.165, 1.54) is 11.3 Å². The molecule has 156 valence electrons. The second-order valence-corrected chi connectivity index (χ2v) is 9.36. The molecule has 0 fully saturated rings. The molecule has 1 unspecified atom stereocenters. The molecule has 0 N–H and O–H groups in total. The van der Waals surface area contributed by atoms with Crippen molar-refractivity contribution in [3.63, 3.8) is 0 Å². The Kier molecular flexibility index (Phi) is 5.20. The van der Waals surface area contributed by atoms with Crippen LogP contribution in [0, 0.1) is 13.8 Å². The summed E-state index contributed by atoms with van der Waals surface area (Å²) in [5, 5.41) is 0.991. The van der Waals surface area contributed by atoms with Gasteiger partial charge in [-0.25, -0.2) is 4.98 Å². The first-order chi connectivity index (χ1) is 15.1. The molecule has 1 aliphatic rings. The highest BCUT2D eigenvalue weighted by Crippen LogP contribution is 2.34. The van der Waals surface area contributed by atoms with Crippen LogP contribution in [0.2, 0.25) is 0 Å². The van der Waals surface area contributed by atoms with Gasteiger partial charge in [0.1, 0.15) is 0 Å². The van der Waals surface area contributed by atoms with Crippen molar-refractivity contribution in [1.29, 1.82) is 0 Å². The van der Waals surface area contributed by atoms with Gasteiger partial charge in [-0.1, -0.05) is 60.2 Å². The van der Waals surface area contributed by atoms with Crippen molar-refractivity contribution < 1.29 is 4.79 Å². The van der Waals surface area contributed by atoms with E-state index in [-0.39, 0.29) is 11.9 Å². The highest BCUT2D eigenvalue weighted by Gasteiger charge is 2.32. The molecule has 5 rings (SSSR count). The number of hydrogen-bond donors (Lipinski definition) is 0. The van der Waals surface area contributed by atoms with Crippen LogP contribution in [0.15, 0.2) is 72.9 Å². The predicted octanol–water partition coefficient (Wildman–Crippen LogP) is 5.40. The molecule has 2 aromatic heterocycles. The van der Waals surface area contributed by atoms with Gasteiger partial charge in [0.05, 0.1) is 23.2 Å². The van der Waals surface area contributed by atoms with Crippen LogP contribution in [-0.4, -0.2) is 26.9 Å². The monoisotopic (exact) mass is 427 g/mol. The smallest absolute Gasteiger partial charge is 0.228 e. The molecule has 0 radical (unpaired) electrons. The lowest BCUT2D eigenvalue weighted by Crippen LogP contribution is -2.43. The van der Waals surface area contributed by atoms with Crippen LogP contribution in [0.1, 0.15) is 32.7 Å². The van der Waals surface area contributed by atoms with Crippen LogP contribution in [0.5, 0.6) is 0 Å². The molecule has 4 nitrogen and oxygen atoms in total. The Morgan fingerprint density at radius 1 is 1.00 bits per heavy atom. The number of amides is 1. The van der Waals surface area contributed by atoms with E-state index >= 15 is 0 Å². The van der Waals surface area contributed by atoms with E-state index in [9.17, 15) is 4.79 Å². The van der Waals surface area contributed by atoms with Gasteiger partial charge in [0.2, 0.25) is 5.91 Å². The number of aryl methyl sites for hydroxylation is 2. The molecule has 0 saturated carbocycles. The lowest BCUT2D eigenvalue weighted by molar-refractivity contribution is -0.133. The Morgan fingerprint density at radius 3 is 2.55 bits per heavy atom. The van der Waals surface area contributed by atoms with Crippen molar-refractivity contribution in [3.05, 3.63) is 99.6 Å². The number of benzene rings is 2. The zero-order valence-electron chi connectivity index (χ0n) is 17.8. The molecule has 0 spiro atoms. The van der Waals surface area contributed by atoms with E-state index in [4.69, 9.17) is 4.98 Å². The molecule has 0 bridgehead atoms. The molecule has 0 aliphatic carbocycles. The number of aromatic nitrogens is 2. The Bertz CT molecular complexity index is 1210. The largest absolute Gasteiger partial charge is 0.348 e. The number of carbonyl (C=O) groups excluding carboxylic acids is 1. The van der Waals surface area contributed by atoms with Crippen LogP contribution in [-0.2, 0) is 17.8 Å². The van der Waals surface area contributed by atoms with E-state index in [0.717, 1.165) is 33.3 Å². The molecule has 4 aromatic rings. The maximum atomic E-state index is 13.6. The quantitative estimate of drug-likeness (QED) is 0.437. The van der Waals surface area contributed by atoms with Crippen LogP contribution < -0.4 is 0 Å². The SMILES string of the molecule is Cc1ccc(-c2nc(C)sc2CC(=O)N2CCn3cccc3C2c2ccccc2)cc1. The van der Waals surface area contributed by atoms with Gasteiger partial charge in [-0.05, 0) is 31.5 Å². The van der Waals surface area contributed by atoms with Crippen molar-refractivity contribution in [1.82, 2.24) is 14.5 Å². The number of carbonyl (C=O) groups is 1. The van der Waals surface area contributed by atoms with Gasteiger partial charge in [0.25, 0.3) is 0 Å². The molecule has 1 aliphatic heterocycles. The maximum Gasteiger partial charge on any atom is 0.228 e. The predicted molar refractivity (Wildman–Crippen MR) is 125 cm³/mol. The highest BCUT2D eigenvalue weighted by molar-refractivity contribution is 7.12. The summed E-state index contributed by atoms with van der Waals surface area (Å²) in [6, 6.07) is 22.9. The second-order valence-electron chi connectivity index (χ2n) is 8.07. The van der Waals surface area contributed by atoms with E-state index in [1.54, 1.807) is 11.3 Å². The molecule has 3 heterocycles. The summed E-state index contributed by atoms with van der Waals surface area (Å²) in [4.78, 5) is 21.5. The molecule has 5 heteroatoms. The van der Waals surface area contributed by atoms with E-state index in [2.05, 4.69) is 66.2 Å². The fourth-order valence-corrected chi connectivity index (χ4v) is 5.35. The van der Waals surface area contributed by atoms with Gasteiger partial charge >= 0.3 is 0 Å². The topological polar surface area (TPSA) is 38.1 Å².